The van der Waals surface area contributed by atoms with Crippen molar-refractivity contribution in [3.63, 3.8) is 0 Å². The number of allylic oxidation sites excluding steroid dienone is 7. The highest BCUT2D eigenvalue weighted by atomic mass is 16.1. The largest absolute Gasteiger partial charge is 0.355 e. The zero-order chi connectivity index (χ0) is 22.7. The van der Waals surface area contributed by atoms with Gasteiger partial charge in [-0.3, -0.25) is 9.59 Å². The number of carbonyl (C=O) groups is 2. The summed E-state index contributed by atoms with van der Waals surface area (Å²) in [6, 6.07) is 13.3. The molecule has 2 aliphatic rings. The first-order chi connectivity index (χ1) is 15.4. The van der Waals surface area contributed by atoms with Crippen LogP contribution in [0.1, 0.15) is 64.1 Å². The highest BCUT2D eigenvalue weighted by Gasteiger charge is 2.30. The minimum absolute atomic E-state index is 0.0112. The number of ketones is 1. The molecular weight excluding hydrogens is 394 g/mol. The van der Waals surface area contributed by atoms with Crippen LogP contribution in [0.2, 0.25) is 0 Å². The Labute approximate surface area is 190 Å². The summed E-state index contributed by atoms with van der Waals surface area (Å²) < 4.78 is 0. The van der Waals surface area contributed by atoms with Gasteiger partial charge in [-0.15, -0.1) is 0 Å². The first-order valence-corrected chi connectivity index (χ1v) is 11.1. The number of amides is 1. The zero-order valence-electron chi connectivity index (χ0n) is 18.9. The van der Waals surface area contributed by atoms with Crippen LogP contribution in [0.15, 0.2) is 78.9 Å². The first kappa shape index (κ1) is 21.8. The van der Waals surface area contributed by atoms with Crippen molar-refractivity contribution >= 4 is 23.3 Å². The second kappa shape index (κ2) is 8.96. The van der Waals surface area contributed by atoms with E-state index in [0.717, 1.165) is 18.4 Å². The van der Waals surface area contributed by atoms with E-state index in [2.05, 4.69) is 61.7 Å². The van der Waals surface area contributed by atoms with Crippen molar-refractivity contribution in [3.8, 4) is 0 Å². The van der Waals surface area contributed by atoms with Crippen LogP contribution in [0.5, 0.6) is 0 Å². The van der Waals surface area contributed by atoms with Gasteiger partial charge in [0.2, 0.25) is 0 Å². The number of fused-ring (bicyclic) bond motifs is 1. The van der Waals surface area contributed by atoms with E-state index in [1.807, 2.05) is 18.2 Å². The van der Waals surface area contributed by atoms with Gasteiger partial charge in [0.15, 0.2) is 5.78 Å². The minimum atomic E-state index is -0.124. The lowest BCUT2D eigenvalue weighted by Crippen LogP contribution is -2.24. The van der Waals surface area contributed by atoms with E-state index in [9.17, 15) is 9.59 Å². The third-order valence-electron chi connectivity index (χ3n) is 6.38. The molecule has 4 rings (SSSR count). The zero-order valence-corrected chi connectivity index (χ0v) is 18.9. The Morgan fingerprint density at radius 1 is 1.03 bits per heavy atom. The molecule has 0 saturated heterocycles. The molecule has 0 bridgehead atoms. The van der Waals surface area contributed by atoms with E-state index < -0.39 is 0 Å². The van der Waals surface area contributed by atoms with Gasteiger partial charge in [-0.05, 0) is 64.8 Å². The van der Waals surface area contributed by atoms with E-state index in [4.69, 9.17) is 0 Å². The average Bonchev–Trinajstić information content (AvgIpc) is 2.83. The summed E-state index contributed by atoms with van der Waals surface area (Å²) in [5.41, 5.74) is 6.04. The SMILES string of the molecule is CNC(=O)c1ccc(/C=C/C(=O)c2ccc3c(c2)C(C)(C)CC=C3C2C=CC=CC2)cc1. The van der Waals surface area contributed by atoms with Crippen molar-refractivity contribution in [2.45, 2.75) is 32.1 Å². The van der Waals surface area contributed by atoms with Crippen LogP contribution < -0.4 is 5.32 Å². The van der Waals surface area contributed by atoms with Crippen LogP contribution in [0, 0.1) is 5.92 Å². The van der Waals surface area contributed by atoms with E-state index in [-0.39, 0.29) is 17.1 Å². The number of hydrogen-bond donors (Lipinski definition) is 1. The molecule has 3 heteroatoms. The molecule has 1 amide bonds. The number of rotatable bonds is 5. The normalized spacial score (nSPS) is 18.8. The summed E-state index contributed by atoms with van der Waals surface area (Å²) in [5, 5.41) is 2.61. The number of nitrogens with one attached hydrogen (secondary N) is 1. The van der Waals surface area contributed by atoms with E-state index in [0.29, 0.717) is 17.0 Å². The molecule has 3 nitrogen and oxygen atoms in total. The molecule has 32 heavy (non-hydrogen) atoms. The van der Waals surface area contributed by atoms with Crippen molar-refractivity contribution in [3.05, 3.63) is 107 Å². The maximum atomic E-state index is 12.9. The second-order valence-corrected chi connectivity index (χ2v) is 9.06. The molecule has 1 N–H and O–H groups in total. The summed E-state index contributed by atoms with van der Waals surface area (Å²) in [7, 11) is 1.61. The Bertz CT molecular complexity index is 1160. The van der Waals surface area contributed by atoms with Gasteiger partial charge in [0.25, 0.3) is 5.91 Å². The summed E-state index contributed by atoms with van der Waals surface area (Å²) in [6.07, 6.45) is 16.5. The predicted molar refractivity (Wildman–Crippen MR) is 132 cm³/mol. The maximum Gasteiger partial charge on any atom is 0.251 e. The molecule has 2 aliphatic carbocycles. The highest BCUT2D eigenvalue weighted by molar-refractivity contribution is 6.07. The van der Waals surface area contributed by atoms with Crippen LogP contribution in [0.25, 0.3) is 11.6 Å². The Morgan fingerprint density at radius 2 is 1.78 bits per heavy atom. The fourth-order valence-corrected chi connectivity index (χ4v) is 4.41. The van der Waals surface area contributed by atoms with Crippen LogP contribution >= 0.6 is 0 Å². The lowest BCUT2D eigenvalue weighted by Gasteiger charge is -2.34. The lowest BCUT2D eigenvalue weighted by molar-refractivity contribution is 0.0962. The number of hydrogen-bond acceptors (Lipinski definition) is 2. The third-order valence-corrected chi connectivity index (χ3v) is 6.38. The van der Waals surface area contributed by atoms with Gasteiger partial charge >= 0.3 is 0 Å². The fraction of sp³-hybridized carbons (Fsp3) is 0.241. The van der Waals surface area contributed by atoms with Crippen LogP contribution in [-0.2, 0) is 5.41 Å². The molecule has 0 saturated carbocycles. The third kappa shape index (κ3) is 4.43. The molecule has 2 aromatic carbocycles. The number of carbonyl (C=O) groups excluding carboxylic acids is 2. The molecule has 162 valence electrons. The Kier molecular flexibility index (Phi) is 6.09. The fourth-order valence-electron chi connectivity index (χ4n) is 4.41. The molecule has 0 radical (unpaired) electrons. The van der Waals surface area contributed by atoms with E-state index >= 15 is 0 Å². The summed E-state index contributed by atoms with van der Waals surface area (Å²) in [4.78, 5) is 24.6. The maximum absolute atomic E-state index is 12.9. The van der Waals surface area contributed by atoms with Crippen molar-refractivity contribution in [1.82, 2.24) is 5.32 Å². The quantitative estimate of drug-likeness (QED) is 0.464. The first-order valence-electron chi connectivity index (χ1n) is 11.1. The summed E-state index contributed by atoms with van der Waals surface area (Å²) in [6.45, 7) is 4.49. The second-order valence-electron chi connectivity index (χ2n) is 9.06. The lowest BCUT2D eigenvalue weighted by atomic mass is 9.70. The Hall–Kier alpha value is -3.46. The molecular formula is C29H29NO2. The van der Waals surface area contributed by atoms with Crippen molar-refractivity contribution in [2.24, 2.45) is 5.92 Å². The van der Waals surface area contributed by atoms with Crippen LogP contribution in [-0.4, -0.2) is 18.7 Å². The molecule has 0 aromatic heterocycles. The summed E-state index contributed by atoms with van der Waals surface area (Å²) in [5.74, 6) is 0.256. The van der Waals surface area contributed by atoms with Crippen molar-refractivity contribution in [2.75, 3.05) is 7.05 Å². The molecule has 0 fully saturated rings. The monoisotopic (exact) mass is 423 g/mol. The topological polar surface area (TPSA) is 46.2 Å². The summed E-state index contributed by atoms with van der Waals surface area (Å²) >= 11 is 0. The molecule has 1 atom stereocenters. The standard InChI is InChI=1S/C29H29NO2/c1-29(2)18-17-24(21-7-5-4-6-8-21)25-15-14-23(19-26(25)29)27(31)16-11-20-9-12-22(13-10-20)28(32)30-3/h4-7,9-17,19,21H,8,18H2,1-3H3,(H,30,32)/b16-11+. The van der Waals surface area contributed by atoms with Crippen LogP contribution in [0.4, 0.5) is 0 Å². The van der Waals surface area contributed by atoms with Gasteiger partial charge < -0.3 is 5.32 Å². The molecule has 1 unspecified atom stereocenters. The molecule has 0 heterocycles. The van der Waals surface area contributed by atoms with E-state index in [1.165, 1.54) is 16.7 Å². The van der Waals surface area contributed by atoms with Gasteiger partial charge in [-0.25, -0.2) is 0 Å². The Balaban J connectivity index is 1.57. The van der Waals surface area contributed by atoms with Crippen molar-refractivity contribution in [1.29, 1.82) is 0 Å². The highest BCUT2D eigenvalue weighted by Crippen LogP contribution is 2.43. The van der Waals surface area contributed by atoms with Gasteiger partial charge in [0.05, 0.1) is 0 Å². The van der Waals surface area contributed by atoms with Gasteiger partial charge in [-0.1, -0.05) is 74.6 Å². The minimum Gasteiger partial charge on any atom is -0.355 e. The molecule has 0 aliphatic heterocycles. The van der Waals surface area contributed by atoms with Gasteiger partial charge in [0, 0.05) is 24.1 Å². The smallest absolute Gasteiger partial charge is 0.251 e. The van der Waals surface area contributed by atoms with Gasteiger partial charge in [-0.2, -0.15) is 0 Å². The number of benzene rings is 2. The molecule has 0 spiro atoms. The Morgan fingerprint density at radius 3 is 2.47 bits per heavy atom. The average molecular weight is 424 g/mol. The van der Waals surface area contributed by atoms with E-state index in [1.54, 1.807) is 31.3 Å². The van der Waals surface area contributed by atoms with Crippen molar-refractivity contribution < 1.29 is 9.59 Å². The molecule has 2 aromatic rings. The van der Waals surface area contributed by atoms with Gasteiger partial charge in [0.1, 0.15) is 0 Å². The predicted octanol–water partition coefficient (Wildman–Crippen LogP) is 6.14. The van der Waals surface area contributed by atoms with Crippen LogP contribution in [0.3, 0.4) is 0 Å².